The molecular weight excluding hydrogens is 217 g/mol. The lowest BCUT2D eigenvalue weighted by atomic mass is 9.89. The number of hydrogen-bond donors (Lipinski definition) is 1. The maximum absolute atomic E-state index is 9.50. The van der Waals surface area contributed by atoms with Crippen molar-refractivity contribution in [2.75, 3.05) is 47.5 Å². The molecule has 3 nitrogen and oxygen atoms in total. The fourth-order valence-electron chi connectivity index (χ4n) is 2.94. The molecule has 2 unspecified atom stereocenters. The van der Waals surface area contributed by atoms with Crippen molar-refractivity contribution in [2.45, 2.75) is 37.8 Å². The van der Waals surface area contributed by atoms with Gasteiger partial charge in [0.15, 0.2) is 0 Å². The molecular formula is C13H28FN3. The van der Waals surface area contributed by atoms with Crippen molar-refractivity contribution in [3.8, 4) is 0 Å². The van der Waals surface area contributed by atoms with Crippen molar-refractivity contribution < 1.29 is 4.39 Å². The quantitative estimate of drug-likeness (QED) is 0.792. The van der Waals surface area contributed by atoms with Crippen molar-refractivity contribution in [1.29, 1.82) is 0 Å². The number of nitrogens with zero attached hydrogens (tertiary/aromatic N) is 2. The highest BCUT2D eigenvalue weighted by Gasteiger charge is 2.27. The van der Waals surface area contributed by atoms with Crippen molar-refractivity contribution >= 4 is 0 Å². The number of halogens is 1. The predicted octanol–water partition coefficient (Wildman–Crippen LogP) is 1.35. The van der Waals surface area contributed by atoms with E-state index < -0.39 is 0 Å². The summed E-state index contributed by atoms with van der Waals surface area (Å²) >= 11 is 0. The van der Waals surface area contributed by atoms with Crippen LogP contribution in [0.4, 0.5) is 4.39 Å². The van der Waals surface area contributed by atoms with E-state index in [-0.39, 0.29) is 0 Å². The Morgan fingerprint density at radius 2 is 1.71 bits per heavy atom. The van der Waals surface area contributed by atoms with Crippen LogP contribution in [-0.4, -0.2) is 69.3 Å². The summed E-state index contributed by atoms with van der Waals surface area (Å²) in [5.74, 6) is 0. The highest BCUT2D eigenvalue weighted by molar-refractivity contribution is 4.85. The summed E-state index contributed by atoms with van der Waals surface area (Å²) in [5, 5.41) is 3.44. The van der Waals surface area contributed by atoms with Crippen LogP contribution in [0.15, 0.2) is 0 Å². The molecule has 1 aliphatic carbocycles. The Kier molecular flexibility index (Phi) is 7.00. The van der Waals surface area contributed by atoms with Crippen LogP contribution < -0.4 is 5.32 Å². The molecule has 2 fully saturated rings. The Bertz CT molecular complexity index is 193. The van der Waals surface area contributed by atoms with Gasteiger partial charge < -0.3 is 10.2 Å². The molecule has 1 heterocycles. The van der Waals surface area contributed by atoms with E-state index in [0.29, 0.717) is 7.18 Å². The second-order valence-electron chi connectivity index (χ2n) is 5.15. The van der Waals surface area contributed by atoms with Crippen LogP contribution in [0.2, 0.25) is 0 Å². The van der Waals surface area contributed by atoms with Gasteiger partial charge in [0, 0.05) is 38.3 Å². The first kappa shape index (κ1) is 14.9. The monoisotopic (exact) mass is 245 g/mol. The van der Waals surface area contributed by atoms with Crippen molar-refractivity contribution in [2.24, 2.45) is 0 Å². The van der Waals surface area contributed by atoms with Crippen LogP contribution in [0.1, 0.15) is 25.7 Å². The summed E-state index contributed by atoms with van der Waals surface area (Å²) in [6, 6.07) is 1.62. The zero-order valence-electron chi connectivity index (χ0n) is 11.6. The van der Waals surface area contributed by atoms with Crippen LogP contribution in [0.3, 0.4) is 0 Å². The lowest BCUT2D eigenvalue weighted by Gasteiger charge is -2.41. The molecule has 17 heavy (non-hydrogen) atoms. The maximum Gasteiger partial charge on any atom is 0.0785 e. The van der Waals surface area contributed by atoms with Crippen molar-refractivity contribution in [1.82, 2.24) is 15.1 Å². The third-order valence-corrected chi connectivity index (χ3v) is 4.11. The van der Waals surface area contributed by atoms with E-state index in [2.05, 4.69) is 29.2 Å². The lowest BCUT2D eigenvalue weighted by Crippen LogP contribution is -2.51. The van der Waals surface area contributed by atoms with Gasteiger partial charge in [0.05, 0.1) is 7.18 Å². The summed E-state index contributed by atoms with van der Waals surface area (Å²) in [6.07, 6.45) is 5.56. The minimum Gasteiger partial charge on any atom is -0.317 e. The molecule has 1 saturated heterocycles. The number of likely N-dealkylation sites (N-methyl/N-ethyl adjacent to an activating group) is 1. The molecule has 1 N–H and O–H groups in total. The Hall–Kier alpha value is -0.190. The van der Waals surface area contributed by atoms with E-state index in [9.17, 15) is 4.39 Å². The molecule has 0 aromatic heterocycles. The minimum absolute atomic E-state index is 0.500. The van der Waals surface area contributed by atoms with Crippen molar-refractivity contribution in [3.63, 3.8) is 0 Å². The molecule has 2 aliphatic rings. The van der Waals surface area contributed by atoms with Crippen molar-refractivity contribution in [3.05, 3.63) is 0 Å². The topological polar surface area (TPSA) is 18.5 Å². The molecule has 0 aromatic carbocycles. The second kappa shape index (κ2) is 8.01. The fourth-order valence-corrected chi connectivity index (χ4v) is 2.94. The molecule has 0 aromatic rings. The first-order chi connectivity index (χ1) is 8.29. The van der Waals surface area contributed by atoms with Crippen LogP contribution in [-0.2, 0) is 0 Å². The van der Waals surface area contributed by atoms with Gasteiger partial charge in [-0.05, 0) is 33.4 Å². The molecule has 1 aliphatic heterocycles. The zero-order chi connectivity index (χ0) is 12.7. The molecule has 1 saturated carbocycles. The van der Waals surface area contributed by atoms with E-state index in [1.807, 2.05) is 0 Å². The smallest absolute Gasteiger partial charge is 0.0785 e. The van der Waals surface area contributed by atoms with E-state index in [1.165, 1.54) is 51.9 Å². The number of nitrogens with one attached hydrogen (secondary N) is 1. The number of hydrogen-bond acceptors (Lipinski definition) is 3. The van der Waals surface area contributed by atoms with E-state index in [1.54, 1.807) is 0 Å². The van der Waals surface area contributed by atoms with Crippen LogP contribution in [0.25, 0.3) is 0 Å². The van der Waals surface area contributed by atoms with Crippen LogP contribution >= 0.6 is 0 Å². The Morgan fingerprint density at radius 3 is 2.29 bits per heavy atom. The summed E-state index contributed by atoms with van der Waals surface area (Å²) < 4.78 is 9.50. The maximum atomic E-state index is 9.50. The third kappa shape index (κ3) is 4.53. The molecule has 2 atom stereocenters. The van der Waals surface area contributed by atoms with Gasteiger partial charge in [0.2, 0.25) is 0 Å². The first-order valence-corrected chi connectivity index (χ1v) is 6.77. The van der Waals surface area contributed by atoms with Gasteiger partial charge in [-0.15, -0.1) is 0 Å². The molecule has 0 spiro atoms. The summed E-state index contributed by atoms with van der Waals surface area (Å²) in [4.78, 5) is 5.15. The van der Waals surface area contributed by atoms with Crippen LogP contribution in [0, 0.1) is 0 Å². The average molecular weight is 245 g/mol. The third-order valence-electron chi connectivity index (χ3n) is 4.11. The minimum atomic E-state index is 0.500. The lowest BCUT2D eigenvalue weighted by molar-refractivity contribution is 0.0837. The largest absolute Gasteiger partial charge is 0.317 e. The number of rotatable bonds is 2. The SMILES string of the molecule is CF.CNC1CCCC(N2CCN(C)CC2)C1. The normalized spacial score (nSPS) is 31.8. The van der Waals surface area contributed by atoms with Crippen LogP contribution in [0.5, 0.6) is 0 Å². The van der Waals surface area contributed by atoms with Gasteiger partial charge >= 0.3 is 0 Å². The van der Waals surface area contributed by atoms with E-state index >= 15 is 0 Å². The zero-order valence-corrected chi connectivity index (χ0v) is 11.6. The number of piperazine rings is 1. The standard InChI is InChI=1S/C12H25N3.CH3F/c1-13-11-4-3-5-12(10-11)15-8-6-14(2)7-9-15;1-2/h11-13H,3-10H2,1-2H3;1H3. The fraction of sp³-hybridized carbons (Fsp3) is 1.00. The van der Waals surface area contributed by atoms with Gasteiger partial charge in [-0.25, -0.2) is 0 Å². The second-order valence-corrected chi connectivity index (χ2v) is 5.15. The predicted molar refractivity (Wildman–Crippen MR) is 71.2 cm³/mol. The summed E-state index contributed by atoms with van der Waals surface area (Å²) in [6.45, 7) is 5.05. The molecule has 4 heteroatoms. The Balaban J connectivity index is 0.000000686. The molecule has 0 radical (unpaired) electrons. The molecule has 0 bridgehead atoms. The van der Waals surface area contributed by atoms with Gasteiger partial charge in [0.1, 0.15) is 0 Å². The Morgan fingerprint density at radius 1 is 1.06 bits per heavy atom. The highest BCUT2D eigenvalue weighted by atomic mass is 19.1. The molecule has 0 amide bonds. The Labute approximate surface area is 105 Å². The van der Waals surface area contributed by atoms with E-state index in [4.69, 9.17) is 0 Å². The van der Waals surface area contributed by atoms with Gasteiger partial charge in [-0.1, -0.05) is 6.42 Å². The molecule has 102 valence electrons. The average Bonchev–Trinajstić information content (AvgIpc) is 2.42. The summed E-state index contributed by atoms with van der Waals surface area (Å²) in [5.41, 5.74) is 0. The van der Waals surface area contributed by atoms with Gasteiger partial charge in [0.25, 0.3) is 0 Å². The highest BCUT2D eigenvalue weighted by Crippen LogP contribution is 2.23. The van der Waals surface area contributed by atoms with E-state index in [0.717, 1.165) is 12.1 Å². The summed E-state index contributed by atoms with van der Waals surface area (Å²) in [7, 11) is 4.84. The molecule has 2 rings (SSSR count). The van der Waals surface area contributed by atoms with Gasteiger partial charge in [-0.2, -0.15) is 0 Å². The van der Waals surface area contributed by atoms with Gasteiger partial charge in [-0.3, -0.25) is 9.29 Å². The first-order valence-electron chi connectivity index (χ1n) is 6.77. The number of alkyl halides is 1.